The molecule has 0 fully saturated rings. The van der Waals surface area contributed by atoms with Gasteiger partial charge in [-0.25, -0.2) is 0 Å². The minimum Gasteiger partial charge on any atom is -0.349 e. The Balaban J connectivity index is 3.38. The van der Waals surface area contributed by atoms with E-state index >= 15 is 0 Å². The summed E-state index contributed by atoms with van der Waals surface area (Å²) in [5, 5.41) is 2.59. The molecular weight excluding hydrogens is 114 g/mol. The van der Waals surface area contributed by atoms with Crippen LogP contribution >= 0.6 is 0 Å². The molecule has 9 heavy (non-hydrogen) atoms. The molecule has 0 aromatic heterocycles. The molecule has 0 saturated heterocycles. The van der Waals surface area contributed by atoms with Crippen LogP contribution in [0.3, 0.4) is 0 Å². The molecule has 0 aromatic rings. The Bertz CT molecular complexity index is 127. The number of hydrogen-bond acceptors (Lipinski definition) is 1. The van der Waals surface area contributed by atoms with Gasteiger partial charge >= 0.3 is 0 Å². The normalized spacial score (nSPS) is 9.44. The van der Waals surface area contributed by atoms with Crippen LogP contribution in [0.5, 0.6) is 0 Å². The van der Waals surface area contributed by atoms with Gasteiger partial charge in [-0.15, -0.1) is 6.58 Å². The zero-order valence-electron chi connectivity index (χ0n) is 5.55. The van der Waals surface area contributed by atoms with Gasteiger partial charge in [0.05, 0.1) is 0 Å². The number of amides is 1. The van der Waals surface area contributed by atoms with Crippen LogP contribution in [-0.2, 0) is 4.79 Å². The third-order valence-electron chi connectivity index (χ3n) is 0.739. The number of rotatable bonds is 3. The average molecular weight is 125 g/mol. The van der Waals surface area contributed by atoms with Gasteiger partial charge in [-0.05, 0) is 13.0 Å². The molecule has 0 unspecified atom stereocenters. The SMILES string of the molecule is C=CCNC(=O)/C=C/C. The largest absolute Gasteiger partial charge is 0.349 e. The number of carbonyl (C=O) groups is 1. The lowest BCUT2D eigenvalue weighted by Crippen LogP contribution is -2.20. The van der Waals surface area contributed by atoms with Gasteiger partial charge in [0.15, 0.2) is 0 Å². The molecule has 0 radical (unpaired) electrons. The van der Waals surface area contributed by atoms with E-state index in [0.717, 1.165) is 0 Å². The molecule has 0 heterocycles. The molecule has 50 valence electrons. The molecule has 0 saturated carbocycles. The molecular formula is C7H11NO. The first-order chi connectivity index (χ1) is 4.31. The Labute approximate surface area is 55.3 Å². The molecule has 1 amide bonds. The van der Waals surface area contributed by atoms with Crippen molar-refractivity contribution in [3.63, 3.8) is 0 Å². The van der Waals surface area contributed by atoms with E-state index in [9.17, 15) is 4.79 Å². The first-order valence-electron chi connectivity index (χ1n) is 2.82. The van der Waals surface area contributed by atoms with Crippen molar-refractivity contribution in [3.05, 3.63) is 24.8 Å². The summed E-state index contributed by atoms with van der Waals surface area (Å²) in [5.74, 6) is -0.0719. The summed E-state index contributed by atoms with van der Waals surface area (Å²) >= 11 is 0. The first-order valence-corrected chi connectivity index (χ1v) is 2.82. The monoisotopic (exact) mass is 125 g/mol. The Hall–Kier alpha value is -1.05. The van der Waals surface area contributed by atoms with Crippen molar-refractivity contribution in [2.45, 2.75) is 6.92 Å². The second-order valence-electron chi connectivity index (χ2n) is 1.53. The topological polar surface area (TPSA) is 29.1 Å². The van der Waals surface area contributed by atoms with Crippen LogP contribution < -0.4 is 5.32 Å². The predicted molar refractivity (Wildman–Crippen MR) is 38.0 cm³/mol. The van der Waals surface area contributed by atoms with E-state index in [1.807, 2.05) is 0 Å². The fraction of sp³-hybridized carbons (Fsp3) is 0.286. The predicted octanol–water partition coefficient (Wildman–Crippen LogP) is 0.865. The summed E-state index contributed by atoms with van der Waals surface area (Å²) in [6, 6.07) is 0. The van der Waals surface area contributed by atoms with Crippen molar-refractivity contribution in [2.75, 3.05) is 6.54 Å². The van der Waals surface area contributed by atoms with Gasteiger partial charge in [-0.1, -0.05) is 12.2 Å². The fourth-order valence-corrected chi connectivity index (χ4v) is 0.383. The fourth-order valence-electron chi connectivity index (χ4n) is 0.383. The Morgan fingerprint density at radius 1 is 1.78 bits per heavy atom. The van der Waals surface area contributed by atoms with E-state index in [0.29, 0.717) is 6.54 Å². The molecule has 1 N–H and O–H groups in total. The van der Waals surface area contributed by atoms with E-state index in [-0.39, 0.29) is 5.91 Å². The average Bonchev–Trinajstić information content (AvgIpc) is 1.85. The summed E-state index contributed by atoms with van der Waals surface area (Å²) in [7, 11) is 0. The quantitative estimate of drug-likeness (QED) is 0.440. The molecule has 0 aliphatic rings. The summed E-state index contributed by atoms with van der Waals surface area (Å²) in [4.78, 5) is 10.6. The van der Waals surface area contributed by atoms with Gasteiger partial charge in [0, 0.05) is 6.54 Å². The van der Waals surface area contributed by atoms with Crippen LogP contribution in [0.15, 0.2) is 24.8 Å². The second-order valence-corrected chi connectivity index (χ2v) is 1.53. The maximum Gasteiger partial charge on any atom is 0.243 e. The molecule has 0 spiro atoms. The van der Waals surface area contributed by atoms with Crippen molar-refractivity contribution in [1.82, 2.24) is 5.32 Å². The summed E-state index contributed by atoms with van der Waals surface area (Å²) in [6.45, 7) is 5.78. The third-order valence-corrected chi connectivity index (χ3v) is 0.739. The van der Waals surface area contributed by atoms with Crippen molar-refractivity contribution >= 4 is 5.91 Å². The van der Waals surface area contributed by atoms with Gasteiger partial charge in [0.25, 0.3) is 0 Å². The minimum absolute atomic E-state index is 0.0719. The highest BCUT2D eigenvalue weighted by Gasteiger charge is 1.86. The Morgan fingerprint density at radius 2 is 2.44 bits per heavy atom. The van der Waals surface area contributed by atoms with E-state index < -0.39 is 0 Å². The first kappa shape index (κ1) is 7.95. The van der Waals surface area contributed by atoms with Gasteiger partial charge < -0.3 is 5.32 Å². The molecule has 0 aliphatic heterocycles. The highest BCUT2D eigenvalue weighted by Crippen LogP contribution is 1.70. The maximum atomic E-state index is 10.6. The van der Waals surface area contributed by atoms with Crippen LogP contribution in [0.1, 0.15) is 6.92 Å². The second kappa shape index (κ2) is 5.09. The lowest BCUT2D eigenvalue weighted by atomic mass is 10.5. The van der Waals surface area contributed by atoms with Gasteiger partial charge in [-0.3, -0.25) is 4.79 Å². The van der Waals surface area contributed by atoms with E-state index in [2.05, 4.69) is 11.9 Å². The number of hydrogen-bond donors (Lipinski definition) is 1. The zero-order valence-corrected chi connectivity index (χ0v) is 5.55. The van der Waals surface area contributed by atoms with Gasteiger partial charge in [-0.2, -0.15) is 0 Å². The highest BCUT2D eigenvalue weighted by atomic mass is 16.1. The van der Waals surface area contributed by atoms with E-state index in [1.165, 1.54) is 6.08 Å². The summed E-state index contributed by atoms with van der Waals surface area (Å²) < 4.78 is 0. The molecule has 2 heteroatoms. The van der Waals surface area contributed by atoms with E-state index in [1.54, 1.807) is 19.1 Å². The molecule has 2 nitrogen and oxygen atoms in total. The molecule has 0 aliphatic carbocycles. The van der Waals surface area contributed by atoms with E-state index in [4.69, 9.17) is 0 Å². The molecule has 0 atom stereocenters. The van der Waals surface area contributed by atoms with Crippen LogP contribution in [0.4, 0.5) is 0 Å². The van der Waals surface area contributed by atoms with Crippen molar-refractivity contribution in [2.24, 2.45) is 0 Å². The van der Waals surface area contributed by atoms with Crippen molar-refractivity contribution in [3.8, 4) is 0 Å². The number of allylic oxidation sites excluding steroid dienone is 1. The Morgan fingerprint density at radius 3 is 2.89 bits per heavy atom. The zero-order chi connectivity index (χ0) is 7.11. The standard InChI is InChI=1S/C7H11NO/c1-3-5-7(9)8-6-4-2/h3-5H,2,6H2,1H3,(H,8,9)/b5-3+. The molecule has 0 aromatic carbocycles. The highest BCUT2D eigenvalue weighted by molar-refractivity contribution is 5.87. The van der Waals surface area contributed by atoms with Crippen LogP contribution in [0, 0.1) is 0 Å². The molecule has 0 rings (SSSR count). The van der Waals surface area contributed by atoms with Gasteiger partial charge in [0.2, 0.25) is 5.91 Å². The lowest BCUT2D eigenvalue weighted by molar-refractivity contribution is -0.116. The van der Waals surface area contributed by atoms with Crippen LogP contribution in [-0.4, -0.2) is 12.5 Å². The van der Waals surface area contributed by atoms with Crippen molar-refractivity contribution in [1.29, 1.82) is 0 Å². The molecule has 0 bridgehead atoms. The minimum atomic E-state index is -0.0719. The maximum absolute atomic E-state index is 10.6. The lowest BCUT2D eigenvalue weighted by Gasteiger charge is -1.92. The van der Waals surface area contributed by atoms with Crippen LogP contribution in [0.25, 0.3) is 0 Å². The Kier molecular flexibility index (Phi) is 4.50. The van der Waals surface area contributed by atoms with Gasteiger partial charge in [0.1, 0.15) is 0 Å². The number of nitrogens with one attached hydrogen (secondary N) is 1. The van der Waals surface area contributed by atoms with Crippen molar-refractivity contribution < 1.29 is 4.79 Å². The number of carbonyl (C=O) groups excluding carboxylic acids is 1. The summed E-state index contributed by atoms with van der Waals surface area (Å²) in [6.07, 6.45) is 4.81. The smallest absolute Gasteiger partial charge is 0.243 e. The summed E-state index contributed by atoms with van der Waals surface area (Å²) in [5.41, 5.74) is 0. The third kappa shape index (κ3) is 4.81. The van der Waals surface area contributed by atoms with Crippen LogP contribution in [0.2, 0.25) is 0 Å².